The van der Waals surface area contributed by atoms with Gasteiger partial charge in [-0.25, -0.2) is 4.98 Å². The lowest BCUT2D eigenvalue weighted by atomic mass is 10.1. The topological polar surface area (TPSA) is 88.8 Å². The zero-order valence-corrected chi connectivity index (χ0v) is 14.3. The quantitative estimate of drug-likeness (QED) is 0.909. The molecule has 7 nitrogen and oxygen atoms in total. The second-order valence-electron chi connectivity index (χ2n) is 6.48. The van der Waals surface area contributed by atoms with Gasteiger partial charge in [-0.1, -0.05) is 30.3 Å². The Morgan fingerprint density at radius 3 is 2.62 bits per heavy atom. The van der Waals surface area contributed by atoms with Gasteiger partial charge in [0.2, 0.25) is 12.0 Å². The number of rotatable bonds is 3. The molecule has 1 aromatic carbocycles. The number of hydrogen-bond donors (Lipinski definition) is 1. The first-order valence-corrected chi connectivity index (χ1v) is 8.71. The summed E-state index contributed by atoms with van der Waals surface area (Å²) >= 11 is 0. The van der Waals surface area contributed by atoms with Crippen molar-refractivity contribution < 1.29 is 14.3 Å². The molecule has 1 unspecified atom stereocenters. The number of carbonyl (C=O) groups is 2. The zero-order chi connectivity index (χ0) is 18.1. The average molecular weight is 352 g/mol. The normalized spacial score (nSPS) is 19.2. The molecule has 2 amide bonds. The number of hydrogen-bond acceptors (Lipinski definition) is 5. The van der Waals surface area contributed by atoms with Crippen molar-refractivity contribution in [3.05, 3.63) is 48.0 Å². The van der Waals surface area contributed by atoms with Crippen LogP contribution in [0, 0.1) is 0 Å². The Morgan fingerprint density at radius 1 is 1.15 bits per heavy atom. The number of nitrogens with two attached hydrogens (primary N) is 1. The minimum absolute atomic E-state index is 0.0605. The summed E-state index contributed by atoms with van der Waals surface area (Å²) in [6.07, 6.45) is 1.19. The van der Waals surface area contributed by atoms with E-state index in [0.29, 0.717) is 11.6 Å². The van der Waals surface area contributed by atoms with Crippen LogP contribution < -0.4 is 15.4 Å². The maximum absolute atomic E-state index is 13.1. The summed E-state index contributed by atoms with van der Waals surface area (Å²) in [4.78, 5) is 33.1. The van der Waals surface area contributed by atoms with Crippen molar-refractivity contribution in [2.24, 2.45) is 0 Å². The summed E-state index contributed by atoms with van der Waals surface area (Å²) < 4.78 is 5.89. The van der Waals surface area contributed by atoms with E-state index in [-0.39, 0.29) is 24.2 Å². The summed E-state index contributed by atoms with van der Waals surface area (Å²) in [5, 5.41) is 0. The predicted molar refractivity (Wildman–Crippen MR) is 96.6 cm³/mol. The molecular weight excluding hydrogens is 332 g/mol. The lowest BCUT2D eigenvalue weighted by molar-refractivity contribution is -0.132. The standard InChI is InChI=1S/C19H20N4O3/c20-15-9-8-14-18(21-15)23(12-16(24)22-10-4-5-11-22)19(25)17(26-14)13-6-2-1-3-7-13/h1-3,6-9,17H,4-5,10-12H2,(H2,20,21). The fraction of sp³-hybridized carbons (Fsp3) is 0.316. The van der Waals surface area contributed by atoms with Crippen molar-refractivity contribution in [2.45, 2.75) is 18.9 Å². The fourth-order valence-electron chi connectivity index (χ4n) is 3.35. The molecule has 3 heterocycles. The van der Waals surface area contributed by atoms with Gasteiger partial charge in [-0.05, 0) is 25.0 Å². The molecule has 0 bridgehead atoms. The van der Waals surface area contributed by atoms with Gasteiger partial charge in [0.25, 0.3) is 5.91 Å². The van der Waals surface area contributed by atoms with E-state index in [1.54, 1.807) is 17.0 Å². The van der Waals surface area contributed by atoms with Crippen LogP contribution in [0.3, 0.4) is 0 Å². The highest BCUT2D eigenvalue weighted by Gasteiger charge is 2.38. The van der Waals surface area contributed by atoms with Gasteiger partial charge >= 0.3 is 0 Å². The van der Waals surface area contributed by atoms with E-state index in [4.69, 9.17) is 10.5 Å². The second kappa shape index (κ2) is 6.67. The summed E-state index contributed by atoms with van der Waals surface area (Å²) in [7, 11) is 0. The highest BCUT2D eigenvalue weighted by atomic mass is 16.5. The molecule has 4 rings (SSSR count). The van der Waals surface area contributed by atoms with E-state index in [1.807, 2.05) is 30.3 Å². The highest BCUT2D eigenvalue weighted by Crippen LogP contribution is 2.38. The highest BCUT2D eigenvalue weighted by molar-refractivity contribution is 6.03. The molecule has 1 saturated heterocycles. The molecule has 2 aromatic rings. The lowest BCUT2D eigenvalue weighted by Crippen LogP contribution is -2.47. The lowest BCUT2D eigenvalue weighted by Gasteiger charge is -2.34. The molecule has 26 heavy (non-hydrogen) atoms. The van der Waals surface area contributed by atoms with Gasteiger partial charge in [-0.15, -0.1) is 0 Å². The van der Waals surface area contributed by atoms with E-state index in [0.717, 1.165) is 31.5 Å². The van der Waals surface area contributed by atoms with Crippen LogP contribution in [0.25, 0.3) is 0 Å². The minimum atomic E-state index is -0.805. The Hall–Kier alpha value is -3.09. The van der Waals surface area contributed by atoms with Gasteiger partial charge in [0.15, 0.2) is 11.6 Å². The average Bonchev–Trinajstić information content (AvgIpc) is 3.19. The number of nitrogens with zero attached hydrogens (tertiary/aromatic N) is 3. The third-order valence-electron chi connectivity index (χ3n) is 4.71. The Balaban J connectivity index is 1.68. The number of ether oxygens (including phenoxy) is 1. The molecule has 2 aliphatic heterocycles. The first kappa shape index (κ1) is 16.4. The summed E-state index contributed by atoms with van der Waals surface area (Å²) in [6, 6.07) is 12.6. The molecule has 0 saturated carbocycles. The van der Waals surface area contributed by atoms with Gasteiger partial charge in [-0.2, -0.15) is 0 Å². The number of likely N-dealkylation sites (tertiary alicyclic amines) is 1. The molecule has 1 atom stereocenters. The van der Waals surface area contributed by atoms with E-state index in [9.17, 15) is 9.59 Å². The first-order chi connectivity index (χ1) is 12.6. The number of benzene rings is 1. The van der Waals surface area contributed by atoms with Gasteiger partial charge in [0.05, 0.1) is 0 Å². The molecule has 0 radical (unpaired) electrons. The van der Waals surface area contributed by atoms with E-state index in [2.05, 4.69) is 4.98 Å². The van der Waals surface area contributed by atoms with Gasteiger partial charge in [0.1, 0.15) is 12.4 Å². The number of nitrogen functional groups attached to an aromatic ring is 1. The molecule has 7 heteroatoms. The van der Waals surface area contributed by atoms with Crippen LogP contribution in [-0.2, 0) is 9.59 Å². The Labute approximate surface area is 151 Å². The number of carbonyl (C=O) groups excluding carboxylic acids is 2. The number of anilines is 2. The molecule has 134 valence electrons. The van der Waals surface area contributed by atoms with Crippen molar-refractivity contribution in [1.29, 1.82) is 0 Å². The van der Waals surface area contributed by atoms with E-state index in [1.165, 1.54) is 4.90 Å². The van der Waals surface area contributed by atoms with E-state index < -0.39 is 6.10 Å². The maximum atomic E-state index is 13.1. The number of aromatic nitrogens is 1. The van der Waals surface area contributed by atoms with E-state index >= 15 is 0 Å². The minimum Gasteiger partial charge on any atom is -0.472 e. The molecular formula is C19H20N4O3. The van der Waals surface area contributed by atoms with Crippen LogP contribution in [0.2, 0.25) is 0 Å². The maximum Gasteiger partial charge on any atom is 0.274 e. The van der Waals surface area contributed by atoms with Crippen LogP contribution in [0.4, 0.5) is 11.6 Å². The van der Waals surface area contributed by atoms with Crippen LogP contribution >= 0.6 is 0 Å². The zero-order valence-electron chi connectivity index (χ0n) is 14.3. The van der Waals surface area contributed by atoms with Gasteiger partial charge in [0, 0.05) is 18.7 Å². The summed E-state index contributed by atoms with van der Waals surface area (Å²) in [5.74, 6) is 0.627. The molecule has 1 aromatic heterocycles. The Kier molecular flexibility index (Phi) is 4.20. The second-order valence-corrected chi connectivity index (χ2v) is 6.48. The molecule has 0 spiro atoms. The number of amides is 2. The Morgan fingerprint density at radius 2 is 1.88 bits per heavy atom. The third-order valence-corrected chi connectivity index (χ3v) is 4.71. The molecule has 2 aliphatic rings. The van der Waals surface area contributed by atoms with Crippen molar-refractivity contribution in [3.63, 3.8) is 0 Å². The largest absolute Gasteiger partial charge is 0.472 e. The van der Waals surface area contributed by atoms with Gasteiger partial charge < -0.3 is 15.4 Å². The molecule has 2 N–H and O–H groups in total. The number of pyridine rings is 1. The van der Waals surface area contributed by atoms with Crippen molar-refractivity contribution in [1.82, 2.24) is 9.88 Å². The Bertz CT molecular complexity index is 834. The fourth-order valence-corrected chi connectivity index (χ4v) is 3.35. The predicted octanol–water partition coefficient (Wildman–Crippen LogP) is 1.75. The van der Waals surface area contributed by atoms with Crippen molar-refractivity contribution in [3.8, 4) is 5.75 Å². The molecule has 0 aliphatic carbocycles. The van der Waals surface area contributed by atoms with Crippen molar-refractivity contribution in [2.75, 3.05) is 30.3 Å². The summed E-state index contributed by atoms with van der Waals surface area (Å²) in [6.45, 7) is 1.41. The molecule has 1 fully saturated rings. The smallest absolute Gasteiger partial charge is 0.274 e. The van der Waals surface area contributed by atoms with Crippen LogP contribution in [0.1, 0.15) is 24.5 Å². The monoisotopic (exact) mass is 352 g/mol. The number of fused-ring (bicyclic) bond motifs is 1. The first-order valence-electron chi connectivity index (χ1n) is 8.71. The van der Waals surface area contributed by atoms with Crippen LogP contribution in [0.5, 0.6) is 5.75 Å². The van der Waals surface area contributed by atoms with Crippen LogP contribution in [0.15, 0.2) is 42.5 Å². The van der Waals surface area contributed by atoms with Crippen molar-refractivity contribution >= 4 is 23.5 Å². The SMILES string of the molecule is Nc1ccc2c(n1)N(CC(=O)N1CCCC1)C(=O)C(c1ccccc1)O2. The third kappa shape index (κ3) is 2.96. The van der Waals surface area contributed by atoms with Gasteiger partial charge in [-0.3, -0.25) is 14.5 Å². The van der Waals surface area contributed by atoms with Crippen LogP contribution in [-0.4, -0.2) is 41.3 Å². The summed E-state index contributed by atoms with van der Waals surface area (Å²) in [5.41, 5.74) is 6.52.